The molecule has 0 aliphatic heterocycles. The lowest BCUT2D eigenvalue weighted by Gasteiger charge is -2.12. The van der Waals surface area contributed by atoms with E-state index in [4.69, 9.17) is 17.2 Å². The predicted molar refractivity (Wildman–Crippen MR) is 196 cm³/mol. The van der Waals surface area contributed by atoms with E-state index < -0.39 is 9.84 Å². The number of pyridine rings is 4. The Bertz CT molecular complexity index is 2570. The Balaban J connectivity index is 1.13. The number of rotatable bonds is 9. The van der Waals surface area contributed by atoms with Gasteiger partial charge in [-0.15, -0.1) is 0 Å². The van der Waals surface area contributed by atoms with Crippen LogP contribution in [-0.2, 0) is 35.8 Å². The number of sulfone groups is 1. The number of nitrogens with zero attached hydrogens (tertiary/aromatic N) is 4. The number of nitrogens with one attached hydrogen (secondary N) is 1. The van der Waals surface area contributed by atoms with E-state index in [9.17, 15) is 13.2 Å². The minimum Gasteiger partial charge on any atom is -0.383 e. The third kappa shape index (κ3) is 6.79. The van der Waals surface area contributed by atoms with Crippen LogP contribution in [0.1, 0.15) is 44.0 Å². The van der Waals surface area contributed by atoms with Crippen LogP contribution in [0.15, 0.2) is 102 Å². The molecular formula is C38H34N8O3S. The van der Waals surface area contributed by atoms with Crippen molar-refractivity contribution in [1.82, 2.24) is 25.3 Å². The maximum atomic E-state index is 13.1. The first-order valence-electron chi connectivity index (χ1n) is 15.9. The van der Waals surface area contributed by atoms with Gasteiger partial charge in [-0.1, -0.05) is 24.3 Å². The van der Waals surface area contributed by atoms with E-state index in [0.29, 0.717) is 65.3 Å². The zero-order valence-electron chi connectivity index (χ0n) is 27.2. The third-order valence-corrected chi connectivity index (χ3v) is 9.75. The van der Waals surface area contributed by atoms with Gasteiger partial charge in [0.2, 0.25) is 0 Å². The van der Waals surface area contributed by atoms with Gasteiger partial charge in [0.15, 0.2) is 9.84 Å². The van der Waals surface area contributed by atoms with E-state index in [1.807, 2.05) is 60.7 Å². The average Bonchev–Trinajstić information content (AvgIpc) is 3.09. The minimum absolute atomic E-state index is 0.126. The maximum absolute atomic E-state index is 13.1. The van der Waals surface area contributed by atoms with Crippen molar-refractivity contribution in [3.63, 3.8) is 0 Å². The molecule has 0 unspecified atom stereocenters. The number of amides is 1. The number of carbonyl (C=O) groups is 1. The second-order valence-electron chi connectivity index (χ2n) is 12.4. The molecule has 0 saturated heterocycles. The summed E-state index contributed by atoms with van der Waals surface area (Å²) in [6.45, 7) is 0.740. The molecule has 0 saturated carbocycles. The van der Waals surface area contributed by atoms with Gasteiger partial charge in [-0.05, 0) is 87.6 Å². The van der Waals surface area contributed by atoms with E-state index in [1.54, 1.807) is 36.8 Å². The summed E-state index contributed by atoms with van der Waals surface area (Å²) >= 11 is 0. The van der Waals surface area contributed by atoms with Crippen molar-refractivity contribution in [3.8, 4) is 0 Å². The van der Waals surface area contributed by atoms with Gasteiger partial charge in [-0.25, -0.2) is 18.4 Å². The number of anilines is 2. The first-order valence-corrected chi connectivity index (χ1v) is 17.8. The summed E-state index contributed by atoms with van der Waals surface area (Å²) in [4.78, 5) is 31.0. The number of hydrogen-bond donors (Lipinski definition) is 4. The number of nitrogens with two attached hydrogens (primary N) is 3. The predicted octanol–water partition coefficient (Wildman–Crippen LogP) is 4.86. The van der Waals surface area contributed by atoms with Gasteiger partial charge in [0.25, 0.3) is 5.91 Å². The van der Waals surface area contributed by atoms with Gasteiger partial charge >= 0.3 is 0 Å². The van der Waals surface area contributed by atoms with E-state index in [-0.39, 0.29) is 10.8 Å². The lowest BCUT2D eigenvalue weighted by atomic mass is 10.0. The van der Waals surface area contributed by atoms with Crippen molar-refractivity contribution < 1.29 is 13.2 Å². The van der Waals surface area contributed by atoms with Crippen molar-refractivity contribution in [1.29, 1.82) is 0 Å². The summed E-state index contributed by atoms with van der Waals surface area (Å²) in [5.41, 5.74) is 23.8. The standard InChI is InChI=1S/C38H34N8O3S/c1-50(48,49)34-16-24(12-29-13-25(21-44-35(29)34)15-31-18-28-10-22(19-39)2-4-33(28)37(41)46-31)14-30-17-27(7-8-42-30)38(47)45-20-23-3-5-32-26(11-23)6-9-43-36(32)40/h2-13,16-18,21H,14-15,19-20,39H2,1H3,(H2,40,43)(H2,41,46)(H,45,47). The Morgan fingerprint density at radius 1 is 0.700 bits per heavy atom. The van der Waals surface area contributed by atoms with Crippen LogP contribution in [-0.4, -0.2) is 40.5 Å². The van der Waals surface area contributed by atoms with Crippen LogP contribution in [0.2, 0.25) is 0 Å². The lowest BCUT2D eigenvalue weighted by Crippen LogP contribution is -2.23. The fourth-order valence-electron chi connectivity index (χ4n) is 6.19. The highest BCUT2D eigenvalue weighted by atomic mass is 32.2. The van der Waals surface area contributed by atoms with Crippen LogP contribution >= 0.6 is 0 Å². The molecule has 0 spiro atoms. The monoisotopic (exact) mass is 682 g/mol. The summed E-state index contributed by atoms with van der Waals surface area (Å²) in [7, 11) is -3.62. The summed E-state index contributed by atoms with van der Waals surface area (Å²) in [6, 6.07) is 24.3. The lowest BCUT2D eigenvalue weighted by molar-refractivity contribution is 0.0950. The Morgan fingerprint density at radius 2 is 1.40 bits per heavy atom. The van der Waals surface area contributed by atoms with Crippen LogP contribution in [0.5, 0.6) is 0 Å². The van der Waals surface area contributed by atoms with Crippen molar-refractivity contribution in [2.75, 3.05) is 17.7 Å². The Labute approximate surface area is 288 Å². The van der Waals surface area contributed by atoms with Gasteiger partial charge in [0.05, 0.1) is 10.4 Å². The third-order valence-electron chi connectivity index (χ3n) is 8.64. The molecule has 7 aromatic rings. The molecule has 4 heterocycles. The first kappa shape index (κ1) is 32.6. The van der Waals surface area contributed by atoms with Gasteiger partial charge in [0.1, 0.15) is 11.6 Å². The molecule has 50 heavy (non-hydrogen) atoms. The Hall–Kier alpha value is -5.98. The zero-order chi connectivity index (χ0) is 35.0. The molecule has 11 nitrogen and oxygen atoms in total. The Morgan fingerprint density at radius 3 is 2.20 bits per heavy atom. The normalized spacial score (nSPS) is 11.7. The summed E-state index contributed by atoms with van der Waals surface area (Å²) in [5.74, 6) is 0.631. The molecule has 0 atom stereocenters. The topological polar surface area (TPSA) is 193 Å². The van der Waals surface area contributed by atoms with Crippen LogP contribution in [0.25, 0.3) is 32.4 Å². The summed E-state index contributed by atoms with van der Waals surface area (Å²) < 4.78 is 25.8. The smallest absolute Gasteiger partial charge is 0.251 e. The molecule has 0 aliphatic carbocycles. The highest BCUT2D eigenvalue weighted by Gasteiger charge is 2.17. The molecule has 0 bridgehead atoms. The van der Waals surface area contributed by atoms with E-state index >= 15 is 0 Å². The second-order valence-corrected chi connectivity index (χ2v) is 14.3. The van der Waals surface area contributed by atoms with Gasteiger partial charge < -0.3 is 22.5 Å². The molecule has 7 rings (SSSR count). The molecule has 1 amide bonds. The molecule has 0 fully saturated rings. The molecule has 0 aliphatic rings. The highest BCUT2D eigenvalue weighted by Crippen LogP contribution is 2.28. The van der Waals surface area contributed by atoms with Crippen LogP contribution in [0.4, 0.5) is 11.6 Å². The molecule has 4 aromatic heterocycles. The van der Waals surface area contributed by atoms with Crippen molar-refractivity contribution in [3.05, 3.63) is 137 Å². The number of carbonyl (C=O) groups excluding carboxylic acids is 1. The number of nitrogen functional groups attached to an aromatic ring is 2. The van der Waals surface area contributed by atoms with E-state index in [2.05, 4.69) is 25.3 Å². The van der Waals surface area contributed by atoms with Gasteiger partial charge in [0, 0.05) is 83.9 Å². The number of aromatic nitrogens is 4. The fraction of sp³-hybridized carbons (Fsp3) is 0.132. The van der Waals surface area contributed by atoms with Gasteiger partial charge in [-0.3, -0.25) is 14.8 Å². The second kappa shape index (κ2) is 13.1. The molecule has 12 heteroatoms. The zero-order valence-corrected chi connectivity index (χ0v) is 28.0. The Kier molecular flexibility index (Phi) is 8.56. The van der Waals surface area contributed by atoms with Gasteiger partial charge in [-0.2, -0.15) is 0 Å². The van der Waals surface area contributed by atoms with E-state index in [0.717, 1.165) is 43.9 Å². The summed E-state index contributed by atoms with van der Waals surface area (Å²) in [5, 5.41) is 7.24. The van der Waals surface area contributed by atoms with Crippen molar-refractivity contribution >= 4 is 59.8 Å². The van der Waals surface area contributed by atoms with E-state index in [1.165, 1.54) is 6.26 Å². The maximum Gasteiger partial charge on any atom is 0.251 e. The van der Waals surface area contributed by atoms with Crippen LogP contribution in [0, 0.1) is 0 Å². The quantitative estimate of drug-likeness (QED) is 0.163. The number of hydrogen-bond acceptors (Lipinski definition) is 10. The number of benzene rings is 3. The molecule has 3 aromatic carbocycles. The molecule has 7 N–H and O–H groups in total. The fourth-order valence-corrected chi connectivity index (χ4v) is 7.08. The SMILES string of the molecule is CS(=O)(=O)c1cc(Cc2cc(C(=O)NCc3ccc4c(N)nccc4c3)ccn2)cc2cc(Cc3cc4cc(CN)ccc4c(N)n3)cnc12. The number of fused-ring (bicyclic) bond motifs is 3. The van der Waals surface area contributed by atoms with Crippen molar-refractivity contribution in [2.24, 2.45) is 5.73 Å². The average molecular weight is 683 g/mol. The molecular weight excluding hydrogens is 649 g/mol. The first-order chi connectivity index (χ1) is 24.0. The van der Waals surface area contributed by atoms with Crippen LogP contribution in [0.3, 0.4) is 0 Å². The molecule has 250 valence electrons. The van der Waals surface area contributed by atoms with Crippen molar-refractivity contribution in [2.45, 2.75) is 30.8 Å². The minimum atomic E-state index is -3.62. The largest absolute Gasteiger partial charge is 0.383 e. The molecule has 0 radical (unpaired) electrons. The summed E-state index contributed by atoms with van der Waals surface area (Å²) in [6.07, 6.45) is 6.81. The highest BCUT2D eigenvalue weighted by molar-refractivity contribution is 7.91. The van der Waals surface area contributed by atoms with Crippen LogP contribution < -0.4 is 22.5 Å².